The Morgan fingerprint density at radius 3 is 3.04 bits per heavy atom. The van der Waals surface area contributed by atoms with Crippen LogP contribution >= 0.6 is 11.3 Å². The average molecular weight is 364 g/mol. The molecule has 2 aromatic rings. The summed E-state index contributed by atoms with van der Waals surface area (Å²) in [7, 11) is 0. The van der Waals surface area contributed by atoms with Gasteiger partial charge in [0.15, 0.2) is 0 Å². The van der Waals surface area contributed by atoms with Crippen molar-refractivity contribution in [3.63, 3.8) is 0 Å². The average Bonchev–Trinajstić information content (AvgIpc) is 3.23. The molecule has 3 rings (SSSR count). The van der Waals surface area contributed by atoms with Crippen LogP contribution in [0.2, 0.25) is 0 Å². The second-order valence-corrected chi connectivity index (χ2v) is 6.82. The number of amides is 2. The molecule has 0 bridgehead atoms. The van der Waals surface area contributed by atoms with Crippen molar-refractivity contribution in [2.75, 3.05) is 19.6 Å². The van der Waals surface area contributed by atoms with Gasteiger partial charge in [-0.1, -0.05) is 6.07 Å². The molecule has 2 aromatic heterocycles. The second-order valence-electron chi connectivity index (χ2n) is 5.79. The maximum Gasteiger partial charge on any atom is 0.340 e. The van der Waals surface area contributed by atoms with E-state index in [4.69, 9.17) is 0 Å². The Morgan fingerprint density at radius 2 is 2.32 bits per heavy atom. The fourth-order valence-electron chi connectivity index (χ4n) is 2.77. The van der Waals surface area contributed by atoms with Crippen LogP contribution in [0.1, 0.15) is 17.1 Å². The van der Waals surface area contributed by atoms with Crippen molar-refractivity contribution in [1.29, 1.82) is 0 Å². The van der Waals surface area contributed by atoms with E-state index in [0.717, 1.165) is 6.54 Å². The smallest absolute Gasteiger partial charge is 0.340 e. The fraction of sp³-hybridized carbons (Fsp3) is 0.467. The molecule has 10 heteroatoms. The lowest BCUT2D eigenvalue weighted by molar-refractivity contribution is -0.134. The molecule has 1 saturated heterocycles. The highest BCUT2D eigenvalue weighted by atomic mass is 32.1. The van der Waals surface area contributed by atoms with Gasteiger partial charge < -0.3 is 10.6 Å². The van der Waals surface area contributed by atoms with Gasteiger partial charge in [-0.3, -0.25) is 19.5 Å². The lowest BCUT2D eigenvalue weighted by Crippen LogP contribution is -2.56. The third-order valence-corrected chi connectivity index (χ3v) is 4.85. The predicted molar refractivity (Wildman–Crippen MR) is 92.1 cm³/mol. The van der Waals surface area contributed by atoms with Gasteiger partial charge in [0, 0.05) is 37.5 Å². The van der Waals surface area contributed by atoms with Gasteiger partial charge in [0.25, 0.3) is 0 Å². The monoisotopic (exact) mass is 364 g/mol. The molecule has 134 valence electrons. The third-order valence-electron chi connectivity index (χ3n) is 3.99. The molecule has 3 heterocycles. The van der Waals surface area contributed by atoms with Crippen LogP contribution in [0.3, 0.4) is 0 Å². The van der Waals surface area contributed by atoms with E-state index in [1.807, 2.05) is 22.4 Å². The Balaban J connectivity index is 1.51. The molecule has 0 aliphatic carbocycles. The highest BCUT2D eigenvalue weighted by Crippen LogP contribution is 2.17. The number of aromatic amines is 2. The van der Waals surface area contributed by atoms with Gasteiger partial charge in [0.2, 0.25) is 11.8 Å². The highest BCUT2D eigenvalue weighted by Gasteiger charge is 2.31. The first-order chi connectivity index (χ1) is 12.1. The number of piperazine rings is 1. The Bertz CT molecular complexity index is 768. The number of nitrogens with zero attached hydrogens (tertiary/aromatic N) is 2. The van der Waals surface area contributed by atoms with Crippen molar-refractivity contribution in [3.8, 4) is 0 Å². The van der Waals surface area contributed by atoms with Crippen LogP contribution in [0.25, 0.3) is 0 Å². The van der Waals surface area contributed by atoms with Crippen LogP contribution in [0, 0.1) is 0 Å². The maximum absolute atomic E-state index is 12.2. The molecule has 2 amide bonds. The zero-order valence-corrected chi connectivity index (χ0v) is 14.4. The standard InChI is InChI=1S/C15H20N6O3S/c22-13(16-4-3-12-18-15(24)20-19-12)8-11-14(23)17-5-6-21(11)9-10-2-1-7-25-10/h1-2,7,11H,3-6,8-9H2,(H,16,22)(H,17,23)(H2,18,19,20,24). The summed E-state index contributed by atoms with van der Waals surface area (Å²) in [5, 5.41) is 13.6. The first kappa shape index (κ1) is 17.4. The Morgan fingerprint density at radius 1 is 1.44 bits per heavy atom. The number of carbonyl (C=O) groups excluding carboxylic acids is 2. The second kappa shape index (κ2) is 8.08. The predicted octanol–water partition coefficient (Wildman–Crippen LogP) is -0.791. The zero-order chi connectivity index (χ0) is 17.6. The Hall–Kier alpha value is -2.46. The van der Waals surface area contributed by atoms with Crippen LogP contribution < -0.4 is 16.3 Å². The van der Waals surface area contributed by atoms with Gasteiger partial charge in [-0.05, 0) is 11.4 Å². The summed E-state index contributed by atoms with van der Waals surface area (Å²) in [6.45, 7) is 2.32. The van der Waals surface area contributed by atoms with Crippen molar-refractivity contribution >= 4 is 23.2 Å². The molecule has 0 saturated carbocycles. The third kappa shape index (κ3) is 4.77. The van der Waals surface area contributed by atoms with Gasteiger partial charge >= 0.3 is 5.69 Å². The molecule has 1 aliphatic heterocycles. The van der Waals surface area contributed by atoms with Crippen LogP contribution in [0.15, 0.2) is 22.3 Å². The van der Waals surface area contributed by atoms with E-state index in [0.29, 0.717) is 31.9 Å². The first-order valence-electron chi connectivity index (χ1n) is 8.06. The van der Waals surface area contributed by atoms with E-state index in [1.54, 1.807) is 11.3 Å². The van der Waals surface area contributed by atoms with Crippen LogP contribution in [-0.2, 0) is 22.6 Å². The number of hydrogen-bond acceptors (Lipinski definition) is 6. The molecular weight excluding hydrogens is 344 g/mol. The normalized spacial score (nSPS) is 18.1. The molecule has 0 aromatic carbocycles. The van der Waals surface area contributed by atoms with E-state index < -0.39 is 6.04 Å². The molecule has 25 heavy (non-hydrogen) atoms. The fourth-order valence-corrected chi connectivity index (χ4v) is 3.50. The quantitative estimate of drug-likeness (QED) is 0.513. The number of thiophene rings is 1. The lowest BCUT2D eigenvalue weighted by atomic mass is 10.1. The summed E-state index contributed by atoms with van der Waals surface area (Å²) in [5.74, 6) is 0.172. The highest BCUT2D eigenvalue weighted by molar-refractivity contribution is 7.09. The van der Waals surface area contributed by atoms with Crippen molar-refractivity contribution < 1.29 is 9.59 Å². The minimum atomic E-state index is -0.471. The van der Waals surface area contributed by atoms with Gasteiger partial charge in [0.05, 0.1) is 12.5 Å². The SMILES string of the molecule is O=C(CC1C(=O)NCCN1Cc1cccs1)NCCc1n[nH]c(=O)[nH]1. The number of H-pyrrole nitrogens is 2. The Labute approximate surface area is 147 Å². The number of hydrogen-bond donors (Lipinski definition) is 4. The molecule has 9 nitrogen and oxygen atoms in total. The van der Waals surface area contributed by atoms with Gasteiger partial charge in [-0.25, -0.2) is 9.89 Å². The summed E-state index contributed by atoms with van der Waals surface area (Å²) in [4.78, 5) is 41.0. The molecule has 1 atom stereocenters. The van der Waals surface area contributed by atoms with Crippen molar-refractivity contribution in [3.05, 3.63) is 38.7 Å². The zero-order valence-electron chi connectivity index (χ0n) is 13.6. The molecule has 1 unspecified atom stereocenters. The van der Waals surface area contributed by atoms with E-state index in [2.05, 4.69) is 25.8 Å². The molecular formula is C15H20N6O3S. The van der Waals surface area contributed by atoms with Crippen LogP contribution in [0.5, 0.6) is 0 Å². The lowest BCUT2D eigenvalue weighted by Gasteiger charge is -2.34. The van der Waals surface area contributed by atoms with Gasteiger partial charge in [-0.2, -0.15) is 5.10 Å². The topological polar surface area (TPSA) is 123 Å². The number of nitrogens with one attached hydrogen (secondary N) is 4. The van der Waals surface area contributed by atoms with E-state index in [1.165, 1.54) is 4.88 Å². The number of rotatable bonds is 7. The number of carbonyl (C=O) groups is 2. The van der Waals surface area contributed by atoms with E-state index >= 15 is 0 Å². The molecule has 0 spiro atoms. The summed E-state index contributed by atoms with van der Waals surface area (Å²) in [6, 6.07) is 3.53. The van der Waals surface area contributed by atoms with E-state index in [-0.39, 0.29) is 23.9 Å². The Kier molecular flexibility index (Phi) is 5.61. The minimum absolute atomic E-state index is 0.105. The summed E-state index contributed by atoms with van der Waals surface area (Å²) < 4.78 is 0. The number of aromatic nitrogens is 3. The van der Waals surface area contributed by atoms with Crippen LogP contribution in [0.4, 0.5) is 0 Å². The molecule has 1 fully saturated rings. The van der Waals surface area contributed by atoms with E-state index in [9.17, 15) is 14.4 Å². The summed E-state index contributed by atoms with van der Waals surface area (Å²) in [6.07, 6.45) is 0.522. The molecule has 4 N–H and O–H groups in total. The summed E-state index contributed by atoms with van der Waals surface area (Å²) in [5.41, 5.74) is -0.371. The maximum atomic E-state index is 12.2. The molecule has 1 aliphatic rings. The minimum Gasteiger partial charge on any atom is -0.356 e. The van der Waals surface area contributed by atoms with Crippen molar-refractivity contribution in [1.82, 2.24) is 30.7 Å². The van der Waals surface area contributed by atoms with Gasteiger partial charge in [-0.15, -0.1) is 11.3 Å². The van der Waals surface area contributed by atoms with Crippen molar-refractivity contribution in [2.45, 2.75) is 25.4 Å². The van der Waals surface area contributed by atoms with Gasteiger partial charge in [0.1, 0.15) is 5.82 Å². The molecule has 0 radical (unpaired) electrons. The first-order valence-corrected chi connectivity index (χ1v) is 8.94. The van der Waals surface area contributed by atoms with Crippen molar-refractivity contribution in [2.24, 2.45) is 0 Å². The largest absolute Gasteiger partial charge is 0.356 e. The summed E-state index contributed by atoms with van der Waals surface area (Å²) >= 11 is 1.64. The van der Waals surface area contributed by atoms with Crippen LogP contribution in [-0.4, -0.2) is 57.6 Å².